The van der Waals surface area contributed by atoms with Crippen LogP contribution in [0, 0.1) is 5.92 Å². The minimum atomic E-state index is -0.481. The van der Waals surface area contributed by atoms with E-state index in [-0.39, 0.29) is 17.3 Å². The molecule has 1 atom stereocenters. The van der Waals surface area contributed by atoms with Crippen molar-refractivity contribution in [3.05, 3.63) is 54.0 Å². The lowest BCUT2D eigenvalue weighted by atomic mass is 10.1. The number of benzene rings is 1. The van der Waals surface area contributed by atoms with Crippen molar-refractivity contribution in [3.63, 3.8) is 0 Å². The van der Waals surface area contributed by atoms with Gasteiger partial charge >= 0.3 is 5.97 Å². The molecule has 1 aromatic carbocycles. The van der Waals surface area contributed by atoms with Gasteiger partial charge in [0.1, 0.15) is 22.7 Å². The number of ether oxygens (including phenoxy) is 1. The van der Waals surface area contributed by atoms with Crippen molar-refractivity contribution in [2.75, 3.05) is 12.3 Å². The highest BCUT2D eigenvalue weighted by Crippen LogP contribution is 2.29. The number of carbonyl (C=O) groups excluding carboxylic acids is 1. The molecule has 0 saturated carbocycles. The summed E-state index contributed by atoms with van der Waals surface area (Å²) in [6.45, 7) is 4.77. The number of hydrogen-bond acceptors (Lipinski definition) is 6. The Balaban J connectivity index is 1.86. The minimum absolute atomic E-state index is 0.253. The van der Waals surface area contributed by atoms with Gasteiger partial charge in [0.15, 0.2) is 5.65 Å². The Morgan fingerprint density at radius 2 is 1.96 bits per heavy atom. The summed E-state index contributed by atoms with van der Waals surface area (Å²) in [5.41, 5.74) is 9.03. The van der Waals surface area contributed by atoms with Crippen LogP contribution >= 0.6 is 0 Å². The van der Waals surface area contributed by atoms with Crippen LogP contribution in [-0.2, 0) is 11.3 Å². The topological polar surface area (TPSA) is 96.2 Å². The summed E-state index contributed by atoms with van der Waals surface area (Å²) in [5, 5.41) is 0. The van der Waals surface area contributed by atoms with Crippen molar-refractivity contribution in [1.29, 1.82) is 0 Å². The zero-order chi connectivity index (χ0) is 19.7. The number of hydrogen-bond donors (Lipinski definition) is 1. The first-order chi connectivity index (χ1) is 13.6. The first-order valence-corrected chi connectivity index (χ1v) is 9.32. The van der Waals surface area contributed by atoms with Gasteiger partial charge in [-0.05, 0) is 30.2 Å². The highest BCUT2D eigenvalue weighted by atomic mass is 16.5. The Kier molecular flexibility index (Phi) is 4.73. The van der Waals surface area contributed by atoms with E-state index in [2.05, 4.69) is 11.9 Å². The third-order valence-corrected chi connectivity index (χ3v) is 4.89. The number of carbonyl (C=O) groups is 1. The van der Waals surface area contributed by atoms with Gasteiger partial charge in [0, 0.05) is 0 Å². The molecular weight excluding hydrogens is 356 g/mol. The second kappa shape index (κ2) is 7.34. The second-order valence-corrected chi connectivity index (χ2v) is 6.92. The minimum Gasteiger partial charge on any atom is -0.467 e. The van der Waals surface area contributed by atoms with Gasteiger partial charge in [-0.25, -0.2) is 14.8 Å². The third-order valence-electron chi connectivity index (χ3n) is 4.89. The van der Waals surface area contributed by atoms with E-state index in [9.17, 15) is 4.79 Å². The lowest BCUT2D eigenvalue weighted by Gasteiger charge is -2.09. The van der Waals surface area contributed by atoms with E-state index in [0.717, 1.165) is 11.9 Å². The van der Waals surface area contributed by atoms with Gasteiger partial charge in [-0.3, -0.25) is 0 Å². The number of fused-ring (bicyclic) bond motifs is 2. The lowest BCUT2D eigenvalue weighted by molar-refractivity contribution is 0.0450. The van der Waals surface area contributed by atoms with E-state index >= 15 is 0 Å². The Morgan fingerprint density at radius 3 is 2.64 bits per heavy atom. The fourth-order valence-electron chi connectivity index (χ4n) is 3.04. The molecule has 0 amide bonds. The van der Waals surface area contributed by atoms with Crippen LogP contribution in [0.1, 0.15) is 36.4 Å². The zero-order valence-electron chi connectivity index (χ0n) is 15.9. The van der Waals surface area contributed by atoms with E-state index in [1.807, 2.05) is 37.3 Å². The molecule has 4 aromatic rings. The molecule has 0 radical (unpaired) electrons. The Hall–Kier alpha value is -3.35. The Labute approximate surface area is 162 Å². The maximum absolute atomic E-state index is 12.8. The van der Waals surface area contributed by atoms with Crippen LogP contribution in [-0.4, -0.2) is 27.1 Å². The number of esters is 1. The molecule has 0 aliphatic carbocycles. The summed E-state index contributed by atoms with van der Waals surface area (Å²) >= 11 is 0. The van der Waals surface area contributed by atoms with Crippen LogP contribution in [0.3, 0.4) is 0 Å². The molecule has 0 unspecified atom stereocenters. The summed E-state index contributed by atoms with van der Waals surface area (Å²) < 4.78 is 12.7. The predicted molar refractivity (Wildman–Crippen MR) is 107 cm³/mol. The lowest BCUT2D eigenvalue weighted by Crippen LogP contribution is -2.14. The van der Waals surface area contributed by atoms with Gasteiger partial charge in [-0.1, -0.05) is 32.4 Å². The molecule has 0 saturated heterocycles. The maximum Gasteiger partial charge on any atom is 0.344 e. The fraction of sp³-hybridized carbons (Fsp3) is 0.286. The highest BCUT2D eigenvalue weighted by molar-refractivity contribution is 6.08. The molecule has 0 fully saturated rings. The number of para-hydroxylation sites is 2. The van der Waals surface area contributed by atoms with Crippen molar-refractivity contribution >= 4 is 34.0 Å². The van der Waals surface area contributed by atoms with Crippen LogP contribution in [0.25, 0.3) is 22.2 Å². The monoisotopic (exact) mass is 378 g/mol. The van der Waals surface area contributed by atoms with Crippen LogP contribution in [0.15, 0.2) is 47.1 Å². The number of nitrogens with zero attached hydrogens (tertiary/aromatic N) is 3. The number of furan rings is 1. The van der Waals surface area contributed by atoms with Crippen molar-refractivity contribution in [1.82, 2.24) is 14.5 Å². The molecule has 0 spiro atoms. The third kappa shape index (κ3) is 3.19. The van der Waals surface area contributed by atoms with E-state index in [4.69, 9.17) is 19.9 Å². The molecule has 7 nitrogen and oxygen atoms in total. The summed E-state index contributed by atoms with van der Waals surface area (Å²) in [6, 6.07) is 11.2. The van der Waals surface area contributed by atoms with Crippen LogP contribution in [0.5, 0.6) is 0 Å². The molecule has 2 N–H and O–H groups in total. The predicted octanol–water partition coefficient (Wildman–Crippen LogP) is 4.01. The summed E-state index contributed by atoms with van der Waals surface area (Å²) in [7, 11) is 0. The Morgan fingerprint density at radius 1 is 1.21 bits per heavy atom. The fourth-order valence-corrected chi connectivity index (χ4v) is 3.04. The largest absolute Gasteiger partial charge is 0.467 e. The van der Waals surface area contributed by atoms with Crippen molar-refractivity contribution in [3.8, 4) is 0 Å². The van der Waals surface area contributed by atoms with Crippen molar-refractivity contribution < 1.29 is 13.9 Å². The summed E-state index contributed by atoms with van der Waals surface area (Å²) in [4.78, 5) is 22.2. The summed E-state index contributed by atoms with van der Waals surface area (Å²) in [5.74, 6) is 0.771. The highest BCUT2D eigenvalue weighted by Gasteiger charge is 2.25. The average molecular weight is 378 g/mol. The van der Waals surface area contributed by atoms with E-state index < -0.39 is 5.97 Å². The molecule has 0 aliphatic heterocycles. The molecule has 3 aromatic heterocycles. The number of anilines is 1. The molecule has 3 heterocycles. The number of rotatable bonds is 6. The normalized spacial score (nSPS) is 12.5. The maximum atomic E-state index is 12.8. The van der Waals surface area contributed by atoms with Crippen LogP contribution in [0.4, 0.5) is 5.82 Å². The van der Waals surface area contributed by atoms with Crippen LogP contribution < -0.4 is 5.73 Å². The average Bonchev–Trinajstić information content (AvgIpc) is 3.31. The zero-order valence-corrected chi connectivity index (χ0v) is 15.9. The van der Waals surface area contributed by atoms with Gasteiger partial charge < -0.3 is 19.5 Å². The number of nitrogens with two attached hydrogens (primary N) is 1. The molecule has 28 heavy (non-hydrogen) atoms. The number of nitrogen functional groups attached to an aromatic ring is 1. The quantitative estimate of drug-likeness (QED) is 0.509. The van der Waals surface area contributed by atoms with E-state index in [1.165, 1.54) is 0 Å². The molecule has 7 heteroatoms. The van der Waals surface area contributed by atoms with Gasteiger partial charge in [0.05, 0.1) is 30.4 Å². The van der Waals surface area contributed by atoms with E-state index in [0.29, 0.717) is 35.6 Å². The molecule has 144 valence electrons. The SMILES string of the molecule is CC[C@@H](C)COC(=O)c1c(N)n(Cc2ccco2)c2nc3ccccc3nc12. The van der Waals surface area contributed by atoms with E-state index in [1.54, 1.807) is 16.9 Å². The van der Waals surface area contributed by atoms with Gasteiger partial charge in [-0.15, -0.1) is 0 Å². The first-order valence-electron chi connectivity index (χ1n) is 9.32. The van der Waals surface area contributed by atoms with Gasteiger partial charge in [-0.2, -0.15) is 0 Å². The van der Waals surface area contributed by atoms with Crippen LogP contribution in [0.2, 0.25) is 0 Å². The molecule has 4 rings (SSSR count). The van der Waals surface area contributed by atoms with Crippen molar-refractivity contribution in [2.24, 2.45) is 5.92 Å². The van der Waals surface area contributed by atoms with Gasteiger partial charge in [0.2, 0.25) is 0 Å². The summed E-state index contributed by atoms with van der Waals surface area (Å²) in [6.07, 6.45) is 2.52. The van der Waals surface area contributed by atoms with Crippen molar-refractivity contribution in [2.45, 2.75) is 26.8 Å². The molecular formula is C21H22N4O3. The molecule has 0 bridgehead atoms. The first kappa shape index (κ1) is 18.0. The molecule has 0 aliphatic rings. The smallest absolute Gasteiger partial charge is 0.344 e. The number of aromatic nitrogens is 3. The second-order valence-electron chi connectivity index (χ2n) is 6.92. The Bertz CT molecular complexity index is 1130. The van der Waals surface area contributed by atoms with Gasteiger partial charge in [0.25, 0.3) is 0 Å². The standard InChI is InChI=1S/C21H22N4O3/c1-3-13(2)12-28-21(26)17-18-20(24-16-9-5-4-8-15(16)23-18)25(19(17)22)11-14-7-6-10-27-14/h4-10,13H,3,11-12,22H2,1-2H3/t13-/m1/s1.